The molecule has 1 unspecified atom stereocenters. The topological polar surface area (TPSA) is 40.5 Å². The highest BCUT2D eigenvalue weighted by atomic mass is 19.1. The zero-order valence-electron chi connectivity index (χ0n) is 10.3. The molecule has 1 N–H and O–H groups in total. The third kappa shape index (κ3) is 2.70. The average Bonchev–Trinajstić information content (AvgIpc) is 2.73. The van der Waals surface area contributed by atoms with E-state index in [9.17, 15) is 9.18 Å². The van der Waals surface area contributed by atoms with E-state index in [2.05, 4.69) is 11.8 Å². The zero-order valence-corrected chi connectivity index (χ0v) is 10.3. The minimum atomic E-state index is -1.07. The van der Waals surface area contributed by atoms with Gasteiger partial charge in [-0.1, -0.05) is 13.0 Å². The zero-order chi connectivity index (χ0) is 13.1. The maximum absolute atomic E-state index is 13.8. The van der Waals surface area contributed by atoms with Crippen LogP contribution in [0.15, 0.2) is 24.3 Å². The number of carboxylic acids is 1. The Bertz CT molecular complexity index is 485. The van der Waals surface area contributed by atoms with Gasteiger partial charge < -0.3 is 10.0 Å². The van der Waals surface area contributed by atoms with Gasteiger partial charge in [0.15, 0.2) is 0 Å². The second-order valence-corrected chi connectivity index (χ2v) is 4.68. The van der Waals surface area contributed by atoms with E-state index < -0.39 is 5.97 Å². The molecule has 1 saturated heterocycles. The van der Waals surface area contributed by atoms with E-state index in [-0.39, 0.29) is 5.82 Å². The van der Waals surface area contributed by atoms with Gasteiger partial charge in [0.2, 0.25) is 0 Å². The molecule has 0 bridgehead atoms. The van der Waals surface area contributed by atoms with E-state index in [1.807, 2.05) is 6.07 Å². The molecule has 3 nitrogen and oxygen atoms in total. The SMILES string of the molecule is CC1CCN(c2cccc(F)c2/C=C/C(=O)O)C1. The second kappa shape index (κ2) is 5.21. The van der Waals surface area contributed by atoms with Gasteiger partial charge in [-0.25, -0.2) is 9.18 Å². The lowest BCUT2D eigenvalue weighted by atomic mass is 10.1. The van der Waals surface area contributed by atoms with Crippen LogP contribution >= 0.6 is 0 Å². The first-order valence-electron chi connectivity index (χ1n) is 6.02. The summed E-state index contributed by atoms with van der Waals surface area (Å²) in [5.41, 5.74) is 1.13. The Morgan fingerprint density at radius 2 is 2.33 bits per heavy atom. The van der Waals surface area contributed by atoms with E-state index >= 15 is 0 Å². The molecular formula is C14H16FNO2. The molecule has 0 aliphatic carbocycles. The van der Waals surface area contributed by atoms with Gasteiger partial charge in [0, 0.05) is 30.4 Å². The van der Waals surface area contributed by atoms with E-state index in [1.165, 1.54) is 12.1 Å². The first-order chi connectivity index (χ1) is 8.58. The van der Waals surface area contributed by atoms with Crippen LogP contribution in [0.2, 0.25) is 0 Å². The Hall–Kier alpha value is -1.84. The lowest BCUT2D eigenvalue weighted by molar-refractivity contribution is -0.131. The third-order valence-corrected chi connectivity index (χ3v) is 3.19. The highest BCUT2D eigenvalue weighted by molar-refractivity contribution is 5.87. The third-order valence-electron chi connectivity index (χ3n) is 3.19. The van der Waals surface area contributed by atoms with Gasteiger partial charge in [-0.05, 0) is 30.5 Å². The minimum absolute atomic E-state index is 0.356. The first-order valence-corrected chi connectivity index (χ1v) is 6.02. The summed E-state index contributed by atoms with van der Waals surface area (Å²) in [6, 6.07) is 4.85. The van der Waals surface area contributed by atoms with Crippen LogP contribution in [0.1, 0.15) is 18.9 Å². The van der Waals surface area contributed by atoms with Crippen molar-refractivity contribution in [2.45, 2.75) is 13.3 Å². The number of nitrogens with zero attached hydrogens (tertiary/aromatic N) is 1. The average molecular weight is 249 g/mol. The number of carbonyl (C=O) groups is 1. The quantitative estimate of drug-likeness (QED) is 0.837. The summed E-state index contributed by atoms with van der Waals surface area (Å²) >= 11 is 0. The monoisotopic (exact) mass is 249 g/mol. The summed E-state index contributed by atoms with van der Waals surface area (Å²) in [5, 5.41) is 8.64. The van der Waals surface area contributed by atoms with Gasteiger partial charge in [0.05, 0.1) is 0 Å². The molecular weight excluding hydrogens is 233 g/mol. The van der Waals surface area contributed by atoms with Gasteiger partial charge in [0.25, 0.3) is 0 Å². The fraction of sp³-hybridized carbons (Fsp3) is 0.357. The normalized spacial score (nSPS) is 19.7. The largest absolute Gasteiger partial charge is 0.478 e. The molecule has 0 amide bonds. The molecule has 0 aromatic heterocycles. The van der Waals surface area contributed by atoms with Crippen molar-refractivity contribution in [1.82, 2.24) is 0 Å². The van der Waals surface area contributed by atoms with Gasteiger partial charge in [-0.3, -0.25) is 0 Å². The maximum Gasteiger partial charge on any atom is 0.328 e. The highest BCUT2D eigenvalue weighted by Crippen LogP contribution is 2.29. The van der Waals surface area contributed by atoms with Crippen molar-refractivity contribution >= 4 is 17.7 Å². The van der Waals surface area contributed by atoms with Gasteiger partial charge >= 0.3 is 5.97 Å². The van der Waals surface area contributed by atoms with E-state index in [4.69, 9.17) is 5.11 Å². The molecule has 0 radical (unpaired) electrons. The van der Waals surface area contributed by atoms with Crippen molar-refractivity contribution in [3.05, 3.63) is 35.7 Å². The van der Waals surface area contributed by atoms with Crippen molar-refractivity contribution < 1.29 is 14.3 Å². The molecule has 0 spiro atoms. The Morgan fingerprint density at radius 1 is 1.56 bits per heavy atom. The van der Waals surface area contributed by atoms with Crippen LogP contribution in [0.3, 0.4) is 0 Å². The van der Waals surface area contributed by atoms with Crippen LogP contribution in [-0.4, -0.2) is 24.2 Å². The summed E-state index contributed by atoms with van der Waals surface area (Å²) < 4.78 is 13.8. The molecule has 2 rings (SSSR count). The Kier molecular flexibility index (Phi) is 3.65. The Balaban J connectivity index is 2.34. The molecule has 1 aliphatic heterocycles. The number of halogens is 1. The minimum Gasteiger partial charge on any atom is -0.478 e. The fourth-order valence-corrected chi connectivity index (χ4v) is 2.27. The number of aliphatic carboxylic acids is 1. The van der Waals surface area contributed by atoms with Crippen molar-refractivity contribution in [3.63, 3.8) is 0 Å². The Labute approximate surface area is 106 Å². The van der Waals surface area contributed by atoms with Gasteiger partial charge in [0.1, 0.15) is 5.82 Å². The van der Waals surface area contributed by atoms with Crippen LogP contribution < -0.4 is 4.90 Å². The molecule has 0 saturated carbocycles. The predicted octanol–water partition coefficient (Wildman–Crippen LogP) is 2.77. The number of benzene rings is 1. The number of rotatable bonds is 3. The lowest BCUT2D eigenvalue weighted by Crippen LogP contribution is -2.20. The predicted molar refractivity (Wildman–Crippen MR) is 69.1 cm³/mol. The van der Waals surface area contributed by atoms with Crippen LogP contribution in [0.4, 0.5) is 10.1 Å². The van der Waals surface area contributed by atoms with E-state index in [0.29, 0.717) is 11.5 Å². The van der Waals surface area contributed by atoms with Crippen LogP contribution in [0.5, 0.6) is 0 Å². The lowest BCUT2D eigenvalue weighted by Gasteiger charge is -2.20. The van der Waals surface area contributed by atoms with Crippen molar-refractivity contribution in [2.75, 3.05) is 18.0 Å². The van der Waals surface area contributed by atoms with Crippen molar-refractivity contribution in [3.8, 4) is 0 Å². The van der Waals surface area contributed by atoms with Crippen LogP contribution in [0, 0.1) is 11.7 Å². The number of carboxylic acid groups (broad SMARTS) is 1. The van der Waals surface area contributed by atoms with Gasteiger partial charge in [-0.15, -0.1) is 0 Å². The summed E-state index contributed by atoms with van der Waals surface area (Å²) in [6.07, 6.45) is 3.38. The van der Waals surface area contributed by atoms with Crippen molar-refractivity contribution in [1.29, 1.82) is 0 Å². The molecule has 1 aromatic carbocycles. The van der Waals surface area contributed by atoms with E-state index in [0.717, 1.165) is 31.3 Å². The molecule has 1 aromatic rings. The molecule has 1 aliphatic rings. The molecule has 1 atom stereocenters. The van der Waals surface area contributed by atoms with Crippen LogP contribution in [-0.2, 0) is 4.79 Å². The summed E-state index contributed by atoms with van der Waals surface area (Å²) in [5.74, 6) is -0.867. The molecule has 4 heteroatoms. The van der Waals surface area contributed by atoms with Crippen LogP contribution in [0.25, 0.3) is 6.08 Å². The number of hydrogen-bond donors (Lipinski definition) is 1. The molecule has 96 valence electrons. The molecule has 18 heavy (non-hydrogen) atoms. The van der Waals surface area contributed by atoms with E-state index in [1.54, 1.807) is 6.07 Å². The number of hydrogen-bond acceptors (Lipinski definition) is 2. The molecule has 1 heterocycles. The standard InChI is InChI=1S/C14H16FNO2/c1-10-7-8-16(9-10)13-4-2-3-12(15)11(13)5-6-14(17)18/h2-6,10H,7-9H2,1H3,(H,17,18)/b6-5+. The summed E-state index contributed by atoms with van der Waals surface area (Å²) in [4.78, 5) is 12.7. The summed E-state index contributed by atoms with van der Waals surface area (Å²) in [7, 11) is 0. The van der Waals surface area contributed by atoms with Crippen molar-refractivity contribution in [2.24, 2.45) is 5.92 Å². The van der Waals surface area contributed by atoms with Gasteiger partial charge in [-0.2, -0.15) is 0 Å². The second-order valence-electron chi connectivity index (χ2n) is 4.68. The molecule has 1 fully saturated rings. The highest BCUT2D eigenvalue weighted by Gasteiger charge is 2.21. The smallest absolute Gasteiger partial charge is 0.328 e. The maximum atomic E-state index is 13.8. The first kappa shape index (κ1) is 12.6. The Morgan fingerprint density at radius 3 is 2.94 bits per heavy atom. The fourth-order valence-electron chi connectivity index (χ4n) is 2.27. The summed E-state index contributed by atoms with van der Waals surface area (Å²) in [6.45, 7) is 3.93. The number of anilines is 1.